The highest BCUT2D eigenvalue weighted by Gasteiger charge is 2.09. The summed E-state index contributed by atoms with van der Waals surface area (Å²) in [6.07, 6.45) is 1.32. The average molecular weight is 307 g/mol. The van der Waals surface area contributed by atoms with E-state index >= 15 is 0 Å². The number of benzene rings is 2. The number of rotatable bonds is 4. The molecule has 21 heavy (non-hydrogen) atoms. The molecule has 0 aliphatic rings. The Labute approximate surface area is 125 Å². The normalized spacial score (nSPS) is 10.8. The van der Waals surface area contributed by atoms with Crippen LogP contribution in [0.25, 0.3) is 0 Å². The number of phenolic OH excluding ortho intramolecular Hbond substituents is 1. The SMILES string of the molecule is COc1ccc(Cl)cc1N=Cc1cc([N+](=O)[O-])ccc1O. The molecule has 0 saturated carbocycles. The van der Waals surface area contributed by atoms with Crippen molar-refractivity contribution in [1.29, 1.82) is 0 Å². The summed E-state index contributed by atoms with van der Waals surface area (Å²) in [7, 11) is 1.49. The molecule has 108 valence electrons. The molecule has 6 nitrogen and oxygen atoms in total. The first kappa shape index (κ1) is 14.8. The van der Waals surface area contributed by atoms with Crippen LogP contribution < -0.4 is 4.74 Å². The Morgan fingerprint density at radius 3 is 2.76 bits per heavy atom. The number of aromatic hydroxyl groups is 1. The third-order valence-electron chi connectivity index (χ3n) is 2.71. The Bertz CT molecular complexity index is 716. The quantitative estimate of drug-likeness (QED) is 0.530. The predicted molar refractivity (Wildman–Crippen MR) is 80.0 cm³/mol. The van der Waals surface area contributed by atoms with E-state index in [9.17, 15) is 15.2 Å². The van der Waals surface area contributed by atoms with E-state index in [-0.39, 0.29) is 17.0 Å². The summed E-state index contributed by atoms with van der Waals surface area (Å²) >= 11 is 5.89. The van der Waals surface area contributed by atoms with Crippen molar-refractivity contribution in [1.82, 2.24) is 0 Å². The van der Waals surface area contributed by atoms with Crippen LogP contribution in [0.5, 0.6) is 11.5 Å². The molecule has 0 aromatic heterocycles. The predicted octanol–water partition coefficient (Wildman–Crippen LogP) is 3.71. The Morgan fingerprint density at radius 2 is 2.10 bits per heavy atom. The molecule has 2 rings (SSSR count). The minimum Gasteiger partial charge on any atom is -0.507 e. The lowest BCUT2D eigenvalue weighted by Gasteiger charge is -2.04. The first-order valence-electron chi connectivity index (χ1n) is 5.86. The highest BCUT2D eigenvalue weighted by atomic mass is 35.5. The molecule has 0 spiro atoms. The molecule has 0 radical (unpaired) electrons. The highest BCUT2D eigenvalue weighted by molar-refractivity contribution is 6.30. The molecule has 0 fully saturated rings. The number of aliphatic imine (C=N–C) groups is 1. The first-order chi connectivity index (χ1) is 10.0. The van der Waals surface area contributed by atoms with Crippen LogP contribution >= 0.6 is 11.6 Å². The van der Waals surface area contributed by atoms with Crippen LogP contribution in [0.15, 0.2) is 41.4 Å². The van der Waals surface area contributed by atoms with Gasteiger partial charge in [-0.1, -0.05) is 11.6 Å². The van der Waals surface area contributed by atoms with Crippen molar-refractivity contribution in [2.45, 2.75) is 0 Å². The van der Waals surface area contributed by atoms with Crippen LogP contribution in [0.2, 0.25) is 5.02 Å². The number of ether oxygens (including phenoxy) is 1. The summed E-state index contributed by atoms with van der Waals surface area (Å²) < 4.78 is 5.14. The summed E-state index contributed by atoms with van der Waals surface area (Å²) in [5.74, 6) is 0.394. The zero-order valence-electron chi connectivity index (χ0n) is 11.0. The minimum absolute atomic E-state index is 0.106. The van der Waals surface area contributed by atoms with Gasteiger partial charge in [-0.3, -0.25) is 15.1 Å². The number of hydrogen-bond donors (Lipinski definition) is 1. The second-order valence-electron chi connectivity index (χ2n) is 4.07. The smallest absolute Gasteiger partial charge is 0.270 e. The maximum Gasteiger partial charge on any atom is 0.270 e. The number of phenols is 1. The summed E-state index contributed by atoms with van der Waals surface area (Å²) in [4.78, 5) is 14.3. The van der Waals surface area contributed by atoms with E-state index in [1.807, 2.05) is 0 Å². The van der Waals surface area contributed by atoms with Gasteiger partial charge in [0.15, 0.2) is 0 Å². The van der Waals surface area contributed by atoms with Gasteiger partial charge in [-0.25, -0.2) is 0 Å². The molecular formula is C14H11ClN2O4. The lowest BCUT2D eigenvalue weighted by atomic mass is 10.2. The fraction of sp³-hybridized carbons (Fsp3) is 0.0714. The monoisotopic (exact) mass is 306 g/mol. The van der Waals surface area contributed by atoms with Gasteiger partial charge < -0.3 is 9.84 Å². The second-order valence-corrected chi connectivity index (χ2v) is 4.51. The van der Waals surface area contributed by atoms with Gasteiger partial charge in [0.05, 0.1) is 12.0 Å². The number of nitrogens with zero attached hydrogens (tertiary/aromatic N) is 2. The Kier molecular flexibility index (Phi) is 4.39. The van der Waals surface area contributed by atoms with Crippen LogP contribution in [0.4, 0.5) is 11.4 Å². The van der Waals surface area contributed by atoms with Crippen molar-refractivity contribution in [2.75, 3.05) is 7.11 Å². The van der Waals surface area contributed by atoms with Crippen molar-refractivity contribution in [3.05, 3.63) is 57.1 Å². The van der Waals surface area contributed by atoms with E-state index in [0.717, 1.165) is 0 Å². The molecule has 0 aliphatic carbocycles. The standard InChI is InChI=1S/C14H11ClN2O4/c1-21-14-5-2-10(15)7-12(14)16-8-9-6-11(17(19)20)3-4-13(9)18/h2-8,18H,1H3. The van der Waals surface area contributed by atoms with E-state index < -0.39 is 4.92 Å². The van der Waals surface area contributed by atoms with Gasteiger partial charge in [0.25, 0.3) is 5.69 Å². The molecule has 0 saturated heterocycles. The molecule has 2 aromatic carbocycles. The maximum atomic E-state index is 10.7. The Balaban J connectivity index is 2.39. The Morgan fingerprint density at radius 1 is 1.33 bits per heavy atom. The zero-order valence-corrected chi connectivity index (χ0v) is 11.7. The molecule has 0 atom stereocenters. The lowest BCUT2D eigenvalue weighted by Crippen LogP contribution is -1.90. The first-order valence-corrected chi connectivity index (χ1v) is 6.24. The number of halogens is 1. The molecule has 0 bridgehead atoms. The minimum atomic E-state index is -0.545. The van der Waals surface area contributed by atoms with Crippen LogP contribution in [-0.4, -0.2) is 23.4 Å². The zero-order chi connectivity index (χ0) is 15.4. The molecule has 0 heterocycles. The van der Waals surface area contributed by atoms with Gasteiger partial charge in [0, 0.05) is 28.9 Å². The number of nitro groups is 1. The summed E-state index contributed by atoms with van der Waals surface area (Å²) in [6, 6.07) is 8.59. The summed E-state index contributed by atoms with van der Waals surface area (Å²) in [6.45, 7) is 0. The third-order valence-corrected chi connectivity index (χ3v) is 2.94. The molecule has 0 amide bonds. The molecule has 7 heteroatoms. The molecule has 0 aliphatic heterocycles. The van der Waals surface area contributed by atoms with Crippen molar-refractivity contribution in [2.24, 2.45) is 4.99 Å². The van der Waals surface area contributed by atoms with Gasteiger partial charge >= 0.3 is 0 Å². The van der Waals surface area contributed by atoms with Gasteiger partial charge in [-0.05, 0) is 24.3 Å². The van der Waals surface area contributed by atoms with Crippen molar-refractivity contribution >= 4 is 29.2 Å². The second kappa shape index (κ2) is 6.23. The summed E-state index contributed by atoms with van der Waals surface area (Å²) in [5, 5.41) is 20.9. The maximum absolute atomic E-state index is 10.7. The van der Waals surface area contributed by atoms with Crippen LogP contribution in [-0.2, 0) is 0 Å². The van der Waals surface area contributed by atoms with E-state index in [1.54, 1.807) is 18.2 Å². The van der Waals surface area contributed by atoms with Gasteiger partial charge in [0.2, 0.25) is 0 Å². The topological polar surface area (TPSA) is 85.0 Å². The fourth-order valence-corrected chi connectivity index (χ4v) is 1.83. The summed E-state index contributed by atoms with van der Waals surface area (Å²) in [5.41, 5.74) is 0.550. The number of nitro benzene ring substituents is 1. The van der Waals surface area contributed by atoms with E-state index in [4.69, 9.17) is 16.3 Å². The average Bonchev–Trinajstić information content (AvgIpc) is 2.46. The molecule has 2 aromatic rings. The molecule has 0 unspecified atom stereocenters. The van der Waals surface area contributed by atoms with Gasteiger partial charge in [-0.2, -0.15) is 0 Å². The van der Waals surface area contributed by atoms with Gasteiger partial charge in [-0.15, -0.1) is 0 Å². The number of methoxy groups -OCH3 is 1. The van der Waals surface area contributed by atoms with Gasteiger partial charge in [0.1, 0.15) is 17.2 Å². The van der Waals surface area contributed by atoms with Crippen LogP contribution in [0.3, 0.4) is 0 Å². The Hall–Kier alpha value is -2.60. The highest BCUT2D eigenvalue weighted by Crippen LogP contribution is 2.31. The van der Waals surface area contributed by atoms with Crippen molar-refractivity contribution in [3.63, 3.8) is 0 Å². The van der Waals surface area contributed by atoms with E-state index in [1.165, 1.54) is 31.5 Å². The number of non-ortho nitro benzene ring substituents is 1. The largest absolute Gasteiger partial charge is 0.507 e. The number of hydrogen-bond acceptors (Lipinski definition) is 5. The van der Waals surface area contributed by atoms with Crippen molar-refractivity contribution < 1.29 is 14.8 Å². The van der Waals surface area contributed by atoms with E-state index in [0.29, 0.717) is 16.5 Å². The lowest BCUT2D eigenvalue weighted by molar-refractivity contribution is -0.384. The van der Waals surface area contributed by atoms with Crippen molar-refractivity contribution in [3.8, 4) is 11.5 Å². The van der Waals surface area contributed by atoms with E-state index in [2.05, 4.69) is 4.99 Å². The van der Waals surface area contributed by atoms with Crippen LogP contribution in [0, 0.1) is 10.1 Å². The fourth-order valence-electron chi connectivity index (χ4n) is 1.66. The third kappa shape index (κ3) is 3.49. The molecule has 1 N–H and O–H groups in total. The van der Waals surface area contributed by atoms with Crippen LogP contribution in [0.1, 0.15) is 5.56 Å². The molecular weight excluding hydrogens is 296 g/mol.